The van der Waals surface area contributed by atoms with Crippen molar-refractivity contribution < 1.29 is 17.9 Å². The Morgan fingerprint density at radius 1 is 1.48 bits per heavy atom. The van der Waals surface area contributed by atoms with Crippen molar-refractivity contribution in [3.05, 3.63) is 27.7 Å². The number of carbonyl (C=O) groups excluding carboxylic acids is 1. The van der Waals surface area contributed by atoms with Gasteiger partial charge in [0.05, 0.1) is 4.90 Å². The average Bonchev–Trinajstić information content (AvgIpc) is 2.37. The first kappa shape index (κ1) is 18.1. The molecule has 118 valence electrons. The van der Waals surface area contributed by atoms with Crippen LogP contribution in [0, 0.1) is 6.92 Å². The highest BCUT2D eigenvalue weighted by Crippen LogP contribution is 2.26. The minimum atomic E-state index is -3.90. The molecule has 0 aliphatic heterocycles. The molecule has 1 aromatic rings. The fraction of sp³-hybridized carbons (Fsp3) is 0.462. The van der Waals surface area contributed by atoms with E-state index in [1.807, 2.05) is 6.92 Å². The van der Waals surface area contributed by atoms with Crippen LogP contribution in [0.2, 0.25) is 0 Å². The number of ether oxygens (including phenoxy) is 1. The predicted molar refractivity (Wildman–Crippen MR) is 83.7 cm³/mol. The number of nitrogens with one attached hydrogen (secondary N) is 1. The number of primary sulfonamides is 1. The molecule has 0 aliphatic rings. The monoisotopic (exact) mass is 378 g/mol. The van der Waals surface area contributed by atoms with Crippen LogP contribution in [0.4, 0.5) is 0 Å². The van der Waals surface area contributed by atoms with Gasteiger partial charge in [-0.3, -0.25) is 4.79 Å². The maximum Gasteiger partial charge on any atom is 0.251 e. The van der Waals surface area contributed by atoms with Crippen LogP contribution in [-0.4, -0.2) is 34.1 Å². The van der Waals surface area contributed by atoms with Crippen molar-refractivity contribution in [1.29, 1.82) is 0 Å². The molecule has 0 aromatic heterocycles. The summed E-state index contributed by atoms with van der Waals surface area (Å²) < 4.78 is 28.4. The zero-order chi connectivity index (χ0) is 16.2. The van der Waals surface area contributed by atoms with E-state index in [-0.39, 0.29) is 22.4 Å². The number of amides is 1. The number of methoxy groups -OCH3 is 1. The van der Waals surface area contributed by atoms with Crippen molar-refractivity contribution in [3.8, 4) is 0 Å². The van der Waals surface area contributed by atoms with Crippen molar-refractivity contribution >= 4 is 31.9 Å². The molecule has 0 bridgehead atoms. The van der Waals surface area contributed by atoms with E-state index in [2.05, 4.69) is 21.2 Å². The van der Waals surface area contributed by atoms with E-state index in [0.717, 1.165) is 0 Å². The van der Waals surface area contributed by atoms with Crippen LogP contribution >= 0.6 is 15.9 Å². The summed E-state index contributed by atoms with van der Waals surface area (Å²) in [6, 6.07) is 2.79. The van der Waals surface area contributed by atoms with Gasteiger partial charge in [0.15, 0.2) is 0 Å². The Bertz CT molecular complexity index is 631. The van der Waals surface area contributed by atoms with Gasteiger partial charge in [0.25, 0.3) is 5.91 Å². The number of nitrogens with two attached hydrogens (primary N) is 1. The molecular formula is C13H19BrN2O4S. The molecule has 1 atom stereocenters. The number of sulfonamides is 1. The lowest BCUT2D eigenvalue weighted by molar-refractivity contribution is 0.0929. The Morgan fingerprint density at radius 3 is 2.62 bits per heavy atom. The molecular weight excluding hydrogens is 360 g/mol. The van der Waals surface area contributed by atoms with Gasteiger partial charge >= 0.3 is 0 Å². The number of aryl methyl sites for hydroxylation is 1. The molecule has 1 unspecified atom stereocenters. The van der Waals surface area contributed by atoms with E-state index in [0.29, 0.717) is 23.1 Å². The van der Waals surface area contributed by atoms with Crippen LogP contribution in [-0.2, 0) is 14.8 Å². The Morgan fingerprint density at radius 2 is 2.10 bits per heavy atom. The first-order chi connectivity index (χ1) is 9.66. The van der Waals surface area contributed by atoms with Gasteiger partial charge in [-0.2, -0.15) is 0 Å². The average molecular weight is 379 g/mol. The zero-order valence-electron chi connectivity index (χ0n) is 12.1. The highest BCUT2D eigenvalue weighted by molar-refractivity contribution is 9.10. The fourth-order valence-corrected chi connectivity index (χ4v) is 3.36. The van der Waals surface area contributed by atoms with Gasteiger partial charge in [0.1, 0.15) is 0 Å². The molecule has 0 radical (unpaired) electrons. The fourth-order valence-electron chi connectivity index (χ4n) is 1.75. The molecule has 1 rings (SSSR count). The quantitative estimate of drug-likeness (QED) is 0.784. The molecule has 0 fully saturated rings. The largest absolute Gasteiger partial charge is 0.385 e. The van der Waals surface area contributed by atoms with Gasteiger partial charge < -0.3 is 10.1 Å². The van der Waals surface area contributed by atoms with E-state index in [1.165, 1.54) is 6.07 Å². The lowest BCUT2D eigenvalue weighted by Gasteiger charge is -2.15. The zero-order valence-corrected chi connectivity index (χ0v) is 14.5. The molecule has 0 spiro atoms. The Balaban J connectivity index is 3.04. The number of rotatable bonds is 6. The lowest BCUT2D eigenvalue weighted by Crippen LogP contribution is -2.33. The molecule has 0 aliphatic carbocycles. The third kappa shape index (κ3) is 5.06. The summed E-state index contributed by atoms with van der Waals surface area (Å²) in [4.78, 5) is 12.1. The normalized spacial score (nSPS) is 13.0. The van der Waals surface area contributed by atoms with Crippen LogP contribution < -0.4 is 10.5 Å². The molecule has 1 amide bonds. The second-order valence-corrected chi connectivity index (χ2v) is 7.13. The van der Waals surface area contributed by atoms with Crippen molar-refractivity contribution in [1.82, 2.24) is 5.32 Å². The lowest BCUT2D eigenvalue weighted by atomic mass is 10.1. The van der Waals surface area contributed by atoms with Gasteiger partial charge in [-0.25, -0.2) is 13.6 Å². The third-order valence-corrected chi connectivity index (χ3v) is 5.17. The topological polar surface area (TPSA) is 98.5 Å². The molecule has 8 heteroatoms. The summed E-state index contributed by atoms with van der Waals surface area (Å²) in [6.07, 6.45) is 0.666. The summed E-state index contributed by atoms with van der Waals surface area (Å²) >= 11 is 3.18. The van der Waals surface area contributed by atoms with Crippen LogP contribution in [0.25, 0.3) is 0 Å². The minimum Gasteiger partial charge on any atom is -0.385 e. The molecule has 21 heavy (non-hydrogen) atoms. The molecule has 0 heterocycles. The van der Waals surface area contributed by atoms with Gasteiger partial charge in [0.2, 0.25) is 10.0 Å². The standard InChI is InChI=1S/C13H19BrN2O4S/c1-8-6-10(7-11(12(8)14)21(15,18)19)13(17)16-9(2)4-5-20-3/h6-7,9H,4-5H2,1-3H3,(H,16,17)(H2,15,18,19). The van der Waals surface area contributed by atoms with E-state index < -0.39 is 10.0 Å². The smallest absolute Gasteiger partial charge is 0.251 e. The maximum atomic E-state index is 12.2. The van der Waals surface area contributed by atoms with Gasteiger partial charge in [-0.05, 0) is 53.9 Å². The molecule has 0 saturated heterocycles. The Hall–Kier alpha value is -0.960. The molecule has 6 nitrogen and oxygen atoms in total. The van der Waals surface area contributed by atoms with Crippen molar-refractivity contribution in [2.45, 2.75) is 31.2 Å². The first-order valence-electron chi connectivity index (χ1n) is 6.29. The second kappa shape index (κ2) is 7.35. The van der Waals surface area contributed by atoms with E-state index in [9.17, 15) is 13.2 Å². The number of carbonyl (C=O) groups is 1. The Labute approximate surface area is 133 Å². The number of halogens is 1. The van der Waals surface area contributed by atoms with Crippen molar-refractivity contribution in [2.24, 2.45) is 5.14 Å². The number of hydrogen-bond donors (Lipinski definition) is 2. The van der Waals surface area contributed by atoms with E-state index >= 15 is 0 Å². The third-order valence-electron chi connectivity index (χ3n) is 2.92. The van der Waals surface area contributed by atoms with Gasteiger partial charge in [-0.15, -0.1) is 0 Å². The number of hydrogen-bond acceptors (Lipinski definition) is 4. The summed E-state index contributed by atoms with van der Waals surface area (Å²) in [5.74, 6) is -0.348. The van der Waals surface area contributed by atoms with E-state index in [1.54, 1.807) is 20.1 Å². The summed E-state index contributed by atoms with van der Waals surface area (Å²) in [6.45, 7) is 4.08. The minimum absolute atomic E-state index is 0.0839. The van der Waals surface area contributed by atoms with Crippen LogP contribution in [0.1, 0.15) is 29.3 Å². The van der Waals surface area contributed by atoms with E-state index in [4.69, 9.17) is 9.88 Å². The highest BCUT2D eigenvalue weighted by Gasteiger charge is 2.19. The van der Waals surface area contributed by atoms with Gasteiger partial charge in [0, 0.05) is 29.8 Å². The maximum absolute atomic E-state index is 12.2. The summed E-state index contributed by atoms with van der Waals surface area (Å²) in [7, 11) is -2.31. The van der Waals surface area contributed by atoms with Crippen molar-refractivity contribution in [2.75, 3.05) is 13.7 Å². The Kier molecular flexibility index (Phi) is 6.33. The first-order valence-corrected chi connectivity index (χ1v) is 8.63. The van der Waals surface area contributed by atoms with Crippen LogP contribution in [0.5, 0.6) is 0 Å². The SMILES string of the molecule is COCCC(C)NC(=O)c1cc(C)c(Br)c(S(N)(=O)=O)c1. The van der Waals surface area contributed by atoms with Gasteiger partial charge in [-0.1, -0.05) is 0 Å². The molecule has 1 aromatic carbocycles. The van der Waals surface area contributed by atoms with Crippen LogP contribution in [0.3, 0.4) is 0 Å². The summed E-state index contributed by atoms with van der Waals surface area (Å²) in [5.41, 5.74) is 0.875. The van der Waals surface area contributed by atoms with Crippen molar-refractivity contribution in [3.63, 3.8) is 0 Å². The van der Waals surface area contributed by atoms with Crippen LogP contribution in [0.15, 0.2) is 21.5 Å². The predicted octanol–water partition coefficient (Wildman–Crippen LogP) is 1.56. The summed E-state index contributed by atoms with van der Waals surface area (Å²) in [5, 5.41) is 7.94. The molecule has 0 saturated carbocycles. The highest BCUT2D eigenvalue weighted by atomic mass is 79.9. The number of benzene rings is 1. The molecule has 3 N–H and O–H groups in total. The second-order valence-electron chi connectivity index (χ2n) is 4.81.